The van der Waals surface area contributed by atoms with Crippen LogP contribution in [0.5, 0.6) is 11.5 Å². The number of hydrogen-bond donors (Lipinski definition) is 2. The van der Waals surface area contributed by atoms with Gasteiger partial charge in [0.1, 0.15) is 17.2 Å². The first kappa shape index (κ1) is 15.6. The first-order chi connectivity index (χ1) is 11.7. The van der Waals surface area contributed by atoms with Crippen molar-refractivity contribution in [3.05, 3.63) is 60.3 Å². The zero-order valence-electron chi connectivity index (χ0n) is 13.4. The van der Waals surface area contributed by atoms with Crippen LogP contribution in [0.25, 0.3) is 11.3 Å². The number of ether oxygens (including phenoxy) is 2. The van der Waals surface area contributed by atoms with Gasteiger partial charge >= 0.3 is 0 Å². The molecule has 3 aromatic rings. The number of methoxy groups -OCH3 is 2. The van der Waals surface area contributed by atoms with Crippen LogP contribution < -0.4 is 14.8 Å². The fraction of sp³-hybridized carbons (Fsp3) is 0.111. The molecule has 24 heavy (non-hydrogen) atoms. The van der Waals surface area contributed by atoms with E-state index >= 15 is 0 Å². The van der Waals surface area contributed by atoms with Gasteiger partial charge in [0.15, 0.2) is 0 Å². The Kier molecular flexibility index (Phi) is 4.47. The van der Waals surface area contributed by atoms with E-state index in [0.29, 0.717) is 22.8 Å². The number of para-hydroxylation sites is 2. The first-order valence-corrected chi connectivity index (χ1v) is 7.35. The summed E-state index contributed by atoms with van der Waals surface area (Å²) in [4.78, 5) is 12.4. The molecule has 3 rings (SSSR count). The fourth-order valence-electron chi connectivity index (χ4n) is 2.31. The van der Waals surface area contributed by atoms with Gasteiger partial charge in [-0.3, -0.25) is 9.89 Å². The van der Waals surface area contributed by atoms with E-state index in [0.717, 1.165) is 11.3 Å². The largest absolute Gasteiger partial charge is 0.497 e. The zero-order valence-corrected chi connectivity index (χ0v) is 13.4. The molecule has 2 aromatic carbocycles. The summed E-state index contributed by atoms with van der Waals surface area (Å²) in [6, 6.07) is 16.4. The third kappa shape index (κ3) is 3.22. The average Bonchev–Trinajstić information content (AvgIpc) is 3.12. The van der Waals surface area contributed by atoms with Crippen LogP contribution in [0.1, 0.15) is 10.5 Å². The Bertz CT molecular complexity index is 858. The number of carbonyl (C=O) groups excluding carboxylic acids is 1. The maximum absolute atomic E-state index is 12.4. The summed E-state index contributed by atoms with van der Waals surface area (Å²) in [5.74, 6) is 1.04. The Balaban J connectivity index is 1.81. The number of hydrogen-bond acceptors (Lipinski definition) is 4. The quantitative estimate of drug-likeness (QED) is 0.755. The van der Waals surface area contributed by atoms with Gasteiger partial charge in [-0.05, 0) is 30.3 Å². The van der Waals surface area contributed by atoms with E-state index in [1.165, 1.54) is 0 Å². The number of nitrogens with one attached hydrogen (secondary N) is 2. The summed E-state index contributed by atoms with van der Waals surface area (Å²) in [5, 5.41) is 9.76. The lowest BCUT2D eigenvalue weighted by molar-refractivity contribution is 0.102. The molecule has 1 aromatic heterocycles. The predicted molar refractivity (Wildman–Crippen MR) is 91.5 cm³/mol. The molecule has 0 saturated carbocycles. The van der Waals surface area contributed by atoms with Crippen LogP contribution in [-0.2, 0) is 0 Å². The molecule has 6 heteroatoms. The maximum atomic E-state index is 12.4. The Labute approximate surface area is 139 Å². The lowest BCUT2D eigenvalue weighted by atomic mass is 10.1. The van der Waals surface area contributed by atoms with Gasteiger partial charge in [-0.2, -0.15) is 5.10 Å². The molecule has 0 saturated heterocycles. The number of anilines is 1. The molecule has 0 aliphatic rings. The van der Waals surface area contributed by atoms with Gasteiger partial charge in [-0.25, -0.2) is 0 Å². The molecule has 0 radical (unpaired) electrons. The van der Waals surface area contributed by atoms with Crippen molar-refractivity contribution < 1.29 is 14.3 Å². The minimum Gasteiger partial charge on any atom is -0.497 e. The van der Waals surface area contributed by atoms with Crippen LogP contribution in [-0.4, -0.2) is 30.3 Å². The average molecular weight is 323 g/mol. The van der Waals surface area contributed by atoms with Crippen LogP contribution in [0.2, 0.25) is 0 Å². The van der Waals surface area contributed by atoms with Gasteiger partial charge in [0.25, 0.3) is 5.91 Å². The summed E-state index contributed by atoms with van der Waals surface area (Å²) in [5.41, 5.74) is 2.49. The van der Waals surface area contributed by atoms with E-state index in [-0.39, 0.29) is 5.91 Å². The van der Waals surface area contributed by atoms with Gasteiger partial charge < -0.3 is 14.8 Å². The van der Waals surface area contributed by atoms with Crippen molar-refractivity contribution in [2.45, 2.75) is 0 Å². The molecule has 0 unspecified atom stereocenters. The molecule has 1 amide bonds. The predicted octanol–water partition coefficient (Wildman–Crippen LogP) is 3.35. The van der Waals surface area contributed by atoms with Gasteiger partial charge in [0, 0.05) is 5.56 Å². The Morgan fingerprint density at radius 3 is 2.67 bits per heavy atom. The molecule has 0 aliphatic carbocycles. The van der Waals surface area contributed by atoms with E-state index in [1.54, 1.807) is 32.4 Å². The number of H-pyrrole nitrogens is 1. The monoisotopic (exact) mass is 323 g/mol. The number of carbonyl (C=O) groups is 1. The van der Waals surface area contributed by atoms with E-state index in [4.69, 9.17) is 9.47 Å². The van der Waals surface area contributed by atoms with Crippen molar-refractivity contribution in [3.8, 4) is 22.8 Å². The molecule has 2 N–H and O–H groups in total. The second-order valence-corrected chi connectivity index (χ2v) is 5.05. The Morgan fingerprint density at radius 2 is 1.88 bits per heavy atom. The SMILES string of the molecule is COc1cccc(-c2cc(C(=O)Nc3ccccc3OC)[nH]n2)c1. The van der Waals surface area contributed by atoms with E-state index < -0.39 is 0 Å². The molecule has 0 aliphatic heterocycles. The second kappa shape index (κ2) is 6.87. The molecule has 0 fully saturated rings. The number of aromatic amines is 1. The lowest BCUT2D eigenvalue weighted by Gasteiger charge is -2.08. The van der Waals surface area contributed by atoms with Crippen LogP contribution >= 0.6 is 0 Å². The zero-order chi connectivity index (χ0) is 16.9. The third-order valence-corrected chi connectivity index (χ3v) is 3.54. The number of rotatable bonds is 5. The van der Waals surface area contributed by atoms with Crippen molar-refractivity contribution >= 4 is 11.6 Å². The summed E-state index contributed by atoms with van der Waals surface area (Å²) in [7, 11) is 3.16. The van der Waals surface area contributed by atoms with E-state index in [2.05, 4.69) is 15.5 Å². The maximum Gasteiger partial charge on any atom is 0.273 e. The highest BCUT2D eigenvalue weighted by molar-refractivity contribution is 6.04. The summed E-state index contributed by atoms with van der Waals surface area (Å²) >= 11 is 0. The van der Waals surface area contributed by atoms with Crippen molar-refractivity contribution in [3.63, 3.8) is 0 Å². The molecule has 1 heterocycles. The number of nitrogens with zero attached hydrogens (tertiary/aromatic N) is 1. The van der Waals surface area contributed by atoms with Crippen molar-refractivity contribution in [2.24, 2.45) is 0 Å². The summed E-state index contributed by atoms with van der Waals surface area (Å²) in [6.45, 7) is 0. The molecule has 0 bridgehead atoms. The van der Waals surface area contributed by atoms with E-state index in [9.17, 15) is 4.79 Å². The normalized spacial score (nSPS) is 10.2. The van der Waals surface area contributed by atoms with Gasteiger partial charge in [0.05, 0.1) is 25.6 Å². The summed E-state index contributed by atoms with van der Waals surface area (Å²) in [6.07, 6.45) is 0. The van der Waals surface area contributed by atoms with Crippen LogP contribution in [0.3, 0.4) is 0 Å². The molecule has 0 atom stereocenters. The smallest absolute Gasteiger partial charge is 0.273 e. The van der Waals surface area contributed by atoms with Gasteiger partial charge in [0.2, 0.25) is 0 Å². The first-order valence-electron chi connectivity index (χ1n) is 7.35. The highest BCUT2D eigenvalue weighted by Crippen LogP contribution is 2.25. The standard InChI is InChI=1S/C18H17N3O3/c1-23-13-7-5-6-12(10-13)15-11-16(21-20-15)18(22)19-14-8-3-4-9-17(14)24-2/h3-11H,1-2H3,(H,19,22)(H,20,21). The molecule has 6 nitrogen and oxygen atoms in total. The van der Waals surface area contributed by atoms with Gasteiger partial charge in [-0.1, -0.05) is 24.3 Å². The highest BCUT2D eigenvalue weighted by Gasteiger charge is 2.13. The van der Waals surface area contributed by atoms with Crippen LogP contribution in [0.4, 0.5) is 5.69 Å². The molecular formula is C18H17N3O3. The van der Waals surface area contributed by atoms with E-state index in [1.807, 2.05) is 36.4 Å². The Morgan fingerprint density at radius 1 is 1.04 bits per heavy atom. The van der Waals surface area contributed by atoms with Crippen molar-refractivity contribution in [1.82, 2.24) is 10.2 Å². The molecular weight excluding hydrogens is 306 g/mol. The minimum absolute atomic E-state index is 0.291. The third-order valence-electron chi connectivity index (χ3n) is 3.54. The van der Waals surface area contributed by atoms with Crippen LogP contribution in [0, 0.1) is 0 Å². The topological polar surface area (TPSA) is 76.2 Å². The second-order valence-electron chi connectivity index (χ2n) is 5.05. The fourth-order valence-corrected chi connectivity index (χ4v) is 2.31. The minimum atomic E-state index is -0.291. The number of amides is 1. The number of aromatic nitrogens is 2. The van der Waals surface area contributed by atoms with Crippen molar-refractivity contribution in [2.75, 3.05) is 19.5 Å². The number of benzene rings is 2. The van der Waals surface area contributed by atoms with Gasteiger partial charge in [-0.15, -0.1) is 0 Å². The van der Waals surface area contributed by atoms with Crippen molar-refractivity contribution in [1.29, 1.82) is 0 Å². The molecule has 122 valence electrons. The lowest BCUT2D eigenvalue weighted by Crippen LogP contribution is -2.13. The molecule has 0 spiro atoms. The highest BCUT2D eigenvalue weighted by atomic mass is 16.5. The van der Waals surface area contributed by atoms with Crippen LogP contribution in [0.15, 0.2) is 54.6 Å². The Hall–Kier alpha value is -3.28. The summed E-state index contributed by atoms with van der Waals surface area (Å²) < 4.78 is 10.4.